The minimum atomic E-state index is -0.0764. The molecule has 0 aliphatic carbocycles. The zero-order valence-corrected chi connectivity index (χ0v) is 10.9. The van der Waals surface area contributed by atoms with Gasteiger partial charge in [0.25, 0.3) is 0 Å². The zero-order valence-electron chi connectivity index (χ0n) is 10.9. The van der Waals surface area contributed by atoms with E-state index >= 15 is 0 Å². The van der Waals surface area contributed by atoms with Crippen LogP contribution in [0.15, 0.2) is 36.9 Å². The molecule has 0 saturated heterocycles. The molecule has 0 aliphatic heterocycles. The van der Waals surface area contributed by atoms with Gasteiger partial charge in [0.2, 0.25) is 0 Å². The van der Waals surface area contributed by atoms with Crippen LogP contribution in [0.2, 0.25) is 0 Å². The molecule has 0 N–H and O–H groups in total. The summed E-state index contributed by atoms with van der Waals surface area (Å²) in [4.78, 5) is 17.6. The van der Waals surface area contributed by atoms with Crippen LogP contribution in [0.5, 0.6) is 0 Å². The molecule has 0 fully saturated rings. The first kappa shape index (κ1) is 12.4. The van der Waals surface area contributed by atoms with Crippen molar-refractivity contribution in [3.8, 4) is 0 Å². The second kappa shape index (κ2) is 5.04. The van der Waals surface area contributed by atoms with Crippen LogP contribution in [0.3, 0.4) is 0 Å². The Labute approximate surface area is 107 Å². The van der Waals surface area contributed by atoms with Crippen LogP contribution in [0.4, 0.5) is 4.79 Å². The van der Waals surface area contributed by atoms with Gasteiger partial charge in [0, 0.05) is 26.0 Å². The van der Waals surface area contributed by atoms with E-state index in [4.69, 9.17) is 0 Å². The number of hydrogen-bond acceptors (Lipinski definition) is 2. The number of aryl methyl sites for hydroxylation is 2. The summed E-state index contributed by atoms with van der Waals surface area (Å²) in [6.45, 7) is 4.73. The highest BCUT2D eigenvalue weighted by Crippen LogP contribution is 2.13. The molecule has 1 aromatic carbocycles. The summed E-state index contributed by atoms with van der Waals surface area (Å²) in [5.74, 6) is 0. The molecule has 0 unspecified atom stereocenters. The van der Waals surface area contributed by atoms with Gasteiger partial charge in [-0.1, -0.05) is 23.8 Å². The third-order valence-corrected chi connectivity index (χ3v) is 2.96. The molecule has 4 nitrogen and oxygen atoms in total. The van der Waals surface area contributed by atoms with Crippen LogP contribution in [-0.2, 0) is 6.54 Å². The third-order valence-electron chi connectivity index (χ3n) is 2.96. The molecule has 0 saturated carbocycles. The van der Waals surface area contributed by atoms with Gasteiger partial charge in [-0.05, 0) is 25.0 Å². The van der Waals surface area contributed by atoms with Crippen LogP contribution in [0, 0.1) is 13.8 Å². The maximum Gasteiger partial charge on any atom is 0.329 e. The molecular formula is C14H17N3O. The van der Waals surface area contributed by atoms with Gasteiger partial charge in [0.15, 0.2) is 0 Å². The standard InChI is InChI=1S/C14H17N3O/c1-11-4-5-13(12(2)8-11)9-16(3)14(18)17-7-6-15-10-17/h4-8,10H,9H2,1-3H3. The van der Waals surface area contributed by atoms with Gasteiger partial charge in [0.05, 0.1) is 0 Å². The quantitative estimate of drug-likeness (QED) is 0.813. The average molecular weight is 243 g/mol. The van der Waals surface area contributed by atoms with Crippen molar-refractivity contribution in [2.45, 2.75) is 20.4 Å². The smallest absolute Gasteiger partial charge is 0.323 e. The first-order valence-electron chi connectivity index (χ1n) is 5.87. The Balaban J connectivity index is 2.11. The minimum absolute atomic E-state index is 0.0764. The van der Waals surface area contributed by atoms with E-state index in [1.807, 2.05) is 0 Å². The lowest BCUT2D eigenvalue weighted by Crippen LogP contribution is -2.30. The van der Waals surface area contributed by atoms with E-state index < -0.39 is 0 Å². The Bertz CT molecular complexity index is 546. The van der Waals surface area contributed by atoms with E-state index in [0.29, 0.717) is 6.54 Å². The van der Waals surface area contributed by atoms with Crippen molar-refractivity contribution < 1.29 is 4.79 Å². The van der Waals surface area contributed by atoms with Crippen molar-refractivity contribution >= 4 is 6.03 Å². The highest BCUT2D eigenvalue weighted by Gasteiger charge is 2.11. The Morgan fingerprint density at radius 2 is 2.17 bits per heavy atom. The number of benzene rings is 1. The molecule has 1 aromatic heterocycles. The van der Waals surface area contributed by atoms with Gasteiger partial charge in [-0.15, -0.1) is 0 Å². The van der Waals surface area contributed by atoms with Crippen molar-refractivity contribution in [2.24, 2.45) is 0 Å². The molecule has 0 bridgehead atoms. The summed E-state index contributed by atoms with van der Waals surface area (Å²) < 4.78 is 1.48. The number of imidazole rings is 1. The topological polar surface area (TPSA) is 38.1 Å². The molecule has 2 aromatic rings. The summed E-state index contributed by atoms with van der Waals surface area (Å²) in [7, 11) is 1.79. The summed E-state index contributed by atoms with van der Waals surface area (Å²) in [5.41, 5.74) is 3.61. The molecular weight excluding hydrogens is 226 g/mol. The van der Waals surface area contributed by atoms with E-state index in [1.165, 1.54) is 22.0 Å². The summed E-state index contributed by atoms with van der Waals surface area (Å²) >= 11 is 0. The highest BCUT2D eigenvalue weighted by atomic mass is 16.2. The molecule has 1 heterocycles. The molecule has 0 atom stereocenters. The van der Waals surface area contributed by atoms with Crippen molar-refractivity contribution in [3.63, 3.8) is 0 Å². The average Bonchev–Trinajstić information content (AvgIpc) is 2.85. The van der Waals surface area contributed by atoms with Gasteiger partial charge in [-0.2, -0.15) is 0 Å². The van der Waals surface area contributed by atoms with E-state index in [2.05, 4.69) is 37.0 Å². The lowest BCUT2D eigenvalue weighted by molar-refractivity contribution is 0.208. The van der Waals surface area contributed by atoms with Gasteiger partial charge >= 0.3 is 6.03 Å². The summed E-state index contributed by atoms with van der Waals surface area (Å²) in [5, 5.41) is 0. The minimum Gasteiger partial charge on any atom is -0.323 e. The fraction of sp³-hybridized carbons (Fsp3) is 0.286. The fourth-order valence-electron chi connectivity index (χ4n) is 1.92. The molecule has 0 radical (unpaired) electrons. The van der Waals surface area contributed by atoms with Crippen molar-refractivity contribution in [2.75, 3.05) is 7.05 Å². The molecule has 18 heavy (non-hydrogen) atoms. The second-order valence-corrected chi connectivity index (χ2v) is 4.54. The Morgan fingerprint density at radius 3 is 2.78 bits per heavy atom. The molecule has 1 amide bonds. The number of rotatable bonds is 2. The highest BCUT2D eigenvalue weighted by molar-refractivity contribution is 5.76. The van der Waals surface area contributed by atoms with Gasteiger partial charge < -0.3 is 4.90 Å². The fourth-order valence-corrected chi connectivity index (χ4v) is 1.92. The first-order valence-corrected chi connectivity index (χ1v) is 5.87. The Morgan fingerprint density at radius 1 is 1.39 bits per heavy atom. The lowest BCUT2D eigenvalue weighted by Gasteiger charge is -2.18. The molecule has 94 valence electrons. The SMILES string of the molecule is Cc1ccc(CN(C)C(=O)n2ccnc2)c(C)c1. The summed E-state index contributed by atoms with van der Waals surface area (Å²) in [6.07, 6.45) is 4.77. The lowest BCUT2D eigenvalue weighted by atomic mass is 10.1. The molecule has 0 aliphatic rings. The normalized spacial score (nSPS) is 10.4. The monoisotopic (exact) mass is 243 g/mol. The molecule has 4 heteroatoms. The van der Waals surface area contributed by atoms with Gasteiger partial charge in [0.1, 0.15) is 6.33 Å². The maximum atomic E-state index is 12.0. The molecule has 2 rings (SSSR count). The predicted molar refractivity (Wildman–Crippen MR) is 70.4 cm³/mol. The van der Waals surface area contributed by atoms with Crippen LogP contribution in [-0.4, -0.2) is 27.5 Å². The number of carbonyl (C=O) groups excluding carboxylic acids is 1. The number of hydrogen-bond donors (Lipinski definition) is 0. The van der Waals surface area contributed by atoms with E-state index in [1.54, 1.807) is 24.3 Å². The predicted octanol–water partition coefficient (Wildman–Crippen LogP) is 2.60. The summed E-state index contributed by atoms with van der Waals surface area (Å²) in [6, 6.07) is 6.19. The number of amides is 1. The van der Waals surface area contributed by atoms with Gasteiger partial charge in [-0.25, -0.2) is 9.78 Å². The Kier molecular flexibility index (Phi) is 3.46. The number of aromatic nitrogens is 2. The molecule has 0 spiro atoms. The van der Waals surface area contributed by atoms with Crippen LogP contribution >= 0.6 is 0 Å². The van der Waals surface area contributed by atoms with Crippen LogP contribution in [0.25, 0.3) is 0 Å². The van der Waals surface area contributed by atoms with Crippen molar-refractivity contribution in [1.29, 1.82) is 0 Å². The van der Waals surface area contributed by atoms with Crippen LogP contribution in [0.1, 0.15) is 16.7 Å². The van der Waals surface area contributed by atoms with E-state index in [-0.39, 0.29) is 6.03 Å². The second-order valence-electron chi connectivity index (χ2n) is 4.54. The number of carbonyl (C=O) groups is 1. The third kappa shape index (κ3) is 2.59. The maximum absolute atomic E-state index is 12.0. The largest absolute Gasteiger partial charge is 0.329 e. The van der Waals surface area contributed by atoms with Crippen molar-refractivity contribution in [3.05, 3.63) is 53.6 Å². The van der Waals surface area contributed by atoms with Gasteiger partial charge in [-0.3, -0.25) is 4.57 Å². The van der Waals surface area contributed by atoms with E-state index in [9.17, 15) is 4.79 Å². The van der Waals surface area contributed by atoms with E-state index in [0.717, 1.165) is 5.56 Å². The first-order chi connectivity index (χ1) is 8.58. The Hall–Kier alpha value is -2.10. The number of nitrogens with zero attached hydrogens (tertiary/aromatic N) is 3. The van der Waals surface area contributed by atoms with Crippen LogP contribution < -0.4 is 0 Å². The zero-order chi connectivity index (χ0) is 13.1. The van der Waals surface area contributed by atoms with Crippen molar-refractivity contribution in [1.82, 2.24) is 14.5 Å².